The molecule has 1 fully saturated rings. The van der Waals surface area contributed by atoms with E-state index >= 15 is 4.39 Å². The van der Waals surface area contributed by atoms with E-state index in [1.807, 2.05) is 0 Å². The molecule has 13 nitrogen and oxygen atoms in total. The number of nitrogens with one attached hydrogen (secondary N) is 1. The molecule has 1 aliphatic rings. The van der Waals surface area contributed by atoms with Crippen LogP contribution < -0.4 is 15.3 Å². The van der Waals surface area contributed by atoms with E-state index < -0.39 is 50.3 Å². The first-order valence-electron chi connectivity index (χ1n) is 11.4. The third-order valence-corrected chi connectivity index (χ3v) is 7.57. The average Bonchev–Trinajstić information content (AvgIpc) is 3.38. The molecule has 4 N–H and O–H groups in total. The van der Waals surface area contributed by atoms with Crippen LogP contribution in [0.3, 0.4) is 0 Å². The minimum Gasteiger partial charge on any atom is -0.465 e. The number of ether oxygens (including phenoxy) is 2. The van der Waals surface area contributed by atoms with Gasteiger partial charge in [-0.1, -0.05) is 18.2 Å². The fourth-order valence-electron chi connectivity index (χ4n) is 3.80. The van der Waals surface area contributed by atoms with Crippen molar-refractivity contribution in [2.45, 2.75) is 44.2 Å². The maximum Gasteiger partial charge on any atom is 0.459 e. The molecule has 0 saturated carbocycles. The third kappa shape index (κ3) is 5.29. The number of fused-ring (bicyclic) bond motifs is 1. The van der Waals surface area contributed by atoms with Crippen molar-refractivity contribution in [3.8, 4) is 5.75 Å². The number of esters is 1. The van der Waals surface area contributed by atoms with Gasteiger partial charge in [-0.15, -0.1) is 0 Å². The van der Waals surface area contributed by atoms with Gasteiger partial charge in [0.25, 0.3) is 0 Å². The first-order valence-corrected chi connectivity index (χ1v) is 12.9. The van der Waals surface area contributed by atoms with Crippen molar-refractivity contribution in [3.63, 3.8) is 0 Å². The molecule has 0 amide bonds. The number of nitrogens with two attached hydrogens (primary N) is 1. The van der Waals surface area contributed by atoms with Crippen LogP contribution in [-0.2, 0) is 23.4 Å². The molecule has 37 heavy (non-hydrogen) atoms. The first-order chi connectivity index (χ1) is 17.5. The number of hydrogen-bond acceptors (Lipinski definition) is 11. The maximum atomic E-state index is 16.2. The van der Waals surface area contributed by atoms with Gasteiger partial charge in [-0.05, 0) is 32.9 Å². The lowest BCUT2D eigenvalue weighted by molar-refractivity contribution is -0.144. The van der Waals surface area contributed by atoms with Crippen LogP contribution >= 0.6 is 7.75 Å². The number of para-hydroxylation sites is 1. The quantitative estimate of drug-likeness (QED) is 0.253. The normalized spacial score (nSPS) is 26.0. The highest BCUT2D eigenvalue weighted by atomic mass is 31.2. The summed E-state index contributed by atoms with van der Waals surface area (Å²) in [7, 11) is -4.34. The number of benzene rings is 1. The smallest absolute Gasteiger partial charge is 0.459 e. The fourth-order valence-corrected chi connectivity index (χ4v) is 5.34. The number of anilines is 1. The summed E-state index contributed by atoms with van der Waals surface area (Å²) in [4.78, 5) is 20.1. The summed E-state index contributed by atoms with van der Waals surface area (Å²) >= 11 is 0. The van der Waals surface area contributed by atoms with Crippen LogP contribution in [0.15, 0.2) is 42.9 Å². The monoisotopic (exact) mass is 538 g/mol. The van der Waals surface area contributed by atoms with Crippen LogP contribution in [-0.4, -0.2) is 67.8 Å². The van der Waals surface area contributed by atoms with Gasteiger partial charge in [0.2, 0.25) is 0 Å². The Kier molecular flexibility index (Phi) is 7.49. The minimum atomic E-state index is -4.34. The number of carbonyl (C=O) groups excluding carboxylic acids is 1. The molecular formula is C22H28FN6O7P. The molecule has 0 bridgehead atoms. The number of halogens is 1. The molecule has 5 unspecified atom stereocenters. The zero-order valence-corrected chi connectivity index (χ0v) is 21.3. The Bertz CT molecular complexity index is 1310. The number of imidazole rings is 1. The number of nitrogen functional groups attached to an aromatic ring is 1. The lowest BCUT2D eigenvalue weighted by Gasteiger charge is -2.34. The van der Waals surface area contributed by atoms with Crippen LogP contribution in [0.1, 0.15) is 32.6 Å². The second-order valence-corrected chi connectivity index (χ2v) is 10.3. The highest BCUT2D eigenvalue weighted by molar-refractivity contribution is 7.52. The van der Waals surface area contributed by atoms with E-state index in [9.17, 15) is 14.5 Å². The largest absolute Gasteiger partial charge is 0.465 e. The topological polar surface area (TPSA) is 172 Å². The molecule has 3 heterocycles. The predicted molar refractivity (Wildman–Crippen MR) is 128 cm³/mol. The van der Waals surface area contributed by atoms with E-state index in [-0.39, 0.29) is 29.5 Å². The Morgan fingerprint density at radius 2 is 2.14 bits per heavy atom. The number of alkyl halides is 1. The van der Waals surface area contributed by atoms with Gasteiger partial charge in [-0.2, -0.15) is 10.2 Å². The van der Waals surface area contributed by atoms with Crippen LogP contribution in [0.4, 0.5) is 10.2 Å². The summed E-state index contributed by atoms with van der Waals surface area (Å²) in [6, 6.07) is 6.95. The molecule has 2 aromatic heterocycles. The molecular weight excluding hydrogens is 510 g/mol. The van der Waals surface area contributed by atoms with Crippen molar-refractivity contribution in [1.29, 1.82) is 0 Å². The zero-order valence-electron chi connectivity index (χ0n) is 20.4. The van der Waals surface area contributed by atoms with Gasteiger partial charge in [-0.25, -0.2) is 23.4 Å². The molecule has 15 heteroatoms. The summed E-state index contributed by atoms with van der Waals surface area (Å²) in [6.07, 6.45) is 1.17. The number of rotatable bonds is 10. The first kappa shape index (κ1) is 26.9. The maximum absolute atomic E-state index is 16.2. The molecule has 1 aromatic carbocycles. The van der Waals surface area contributed by atoms with Gasteiger partial charge in [0, 0.05) is 0 Å². The average molecular weight is 538 g/mol. The van der Waals surface area contributed by atoms with Gasteiger partial charge in [0.15, 0.2) is 17.1 Å². The number of aliphatic hydroxyl groups is 1. The standard InChI is InChI=1S/C22H28FN6O7P/c1-4-33-20(30)14(2)28-37(32,36-15-8-6-5-7-9-15)35-12-22(31)11-34-17(21(22,3)23)16-10-25-19-18(24)26-13-27-29(16)19/h5-10,13-14,17,31H,4,11-12H2,1-3H3,(H,28,32)(H2,24,26,27). The second-order valence-electron chi connectivity index (χ2n) is 8.64. The molecule has 0 spiro atoms. The van der Waals surface area contributed by atoms with Crippen LogP contribution in [0.25, 0.3) is 5.65 Å². The van der Waals surface area contributed by atoms with Gasteiger partial charge in [0.05, 0.1) is 31.7 Å². The van der Waals surface area contributed by atoms with Crippen molar-refractivity contribution >= 4 is 25.2 Å². The van der Waals surface area contributed by atoms with Crippen molar-refractivity contribution in [1.82, 2.24) is 24.7 Å². The fraction of sp³-hybridized carbons (Fsp3) is 0.455. The van der Waals surface area contributed by atoms with Crippen molar-refractivity contribution in [2.24, 2.45) is 0 Å². The van der Waals surface area contributed by atoms with Crippen LogP contribution in [0.5, 0.6) is 5.75 Å². The lowest BCUT2D eigenvalue weighted by atomic mass is 9.84. The molecule has 5 atom stereocenters. The Balaban J connectivity index is 1.57. The predicted octanol–water partition coefficient (Wildman–Crippen LogP) is 1.98. The summed E-state index contributed by atoms with van der Waals surface area (Å²) in [5, 5.41) is 17.8. The highest BCUT2D eigenvalue weighted by Gasteiger charge is 2.61. The summed E-state index contributed by atoms with van der Waals surface area (Å²) in [6.45, 7) is 2.93. The minimum absolute atomic E-state index is 0.0826. The molecule has 4 rings (SSSR count). The van der Waals surface area contributed by atoms with E-state index in [1.165, 1.54) is 36.1 Å². The van der Waals surface area contributed by atoms with E-state index in [0.717, 1.165) is 6.92 Å². The van der Waals surface area contributed by atoms with Crippen molar-refractivity contribution in [3.05, 3.63) is 48.5 Å². The van der Waals surface area contributed by atoms with Crippen LogP contribution in [0, 0.1) is 0 Å². The zero-order chi connectivity index (χ0) is 26.8. The van der Waals surface area contributed by atoms with Crippen molar-refractivity contribution in [2.75, 3.05) is 25.6 Å². The number of nitrogens with zero attached hydrogens (tertiary/aromatic N) is 4. The SMILES string of the molecule is CCOC(=O)C(C)NP(=O)(OCC1(O)COC(c2cnc3c(N)ncnn23)C1(C)F)Oc1ccccc1. The lowest BCUT2D eigenvalue weighted by Crippen LogP contribution is -2.52. The van der Waals surface area contributed by atoms with Gasteiger partial charge in [0.1, 0.15) is 29.8 Å². The Morgan fingerprint density at radius 1 is 1.41 bits per heavy atom. The highest BCUT2D eigenvalue weighted by Crippen LogP contribution is 2.51. The Morgan fingerprint density at radius 3 is 2.84 bits per heavy atom. The molecule has 3 aromatic rings. The number of carbonyl (C=O) groups is 1. The van der Waals surface area contributed by atoms with E-state index in [2.05, 4.69) is 20.2 Å². The molecule has 0 radical (unpaired) electrons. The van der Waals surface area contributed by atoms with Gasteiger partial charge < -0.3 is 24.8 Å². The van der Waals surface area contributed by atoms with E-state index in [0.29, 0.717) is 0 Å². The summed E-state index contributed by atoms with van der Waals surface area (Å²) in [5.74, 6) is -0.456. The molecule has 1 saturated heterocycles. The second kappa shape index (κ2) is 10.3. The van der Waals surface area contributed by atoms with Gasteiger partial charge >= 0.3 is 13.7 Å². The van der Waals surface area contributed by atoms with E-state index in [1.54, 1.807) is 25.1 Å². The Hall–Kier alpha value is -3.16. The number of hydrogen-bond donors (Lipinski definition) is 3. The Labute approximate surface area is 211 Å². The van der Waals surface area contributed by atoms with Crippen molar-refractivity contribution < 1.29 is 37.4 Å². The molecule has 200 valence electrons. The van der Waals surface area contributed by atoms with E-state index in [4.69, 9.17) is 24.3 Å². The van der Waals surface area contributed by atoms with Gasteiger partial charge in [-0.3, -0.25) is 9.32 Å². The third-order valence-electron chi connectivity index (χ3n) is 5.95. The number of aromatic nitrogens is 4. The summed E-state index contributed by atoms with van der Waals surface area (Å²) < 4.78 is 52.7. The van der Waals surface area contributed by atoms with Crippen LogP contribution in [0.2, 0.25) is 0 Å². The molecule has 1 aliphatic heterocycles. The summed E-state index contributed by atoms with van der Waals surface area (Å²) in [5.41, 5.74) is 1.45. The molecule has 0 aliphatic carbocycles.